The van der Waals surface area contributed by atoms with Crippen LogP contribution in [0.4, 0.5) is 0 Å². The molecule has 0 saturated heterocycles. The van der Waals surface area contributed by atoms with Gasteiger partial charge < -0.3 is 0 Å². The van der Waals surface area contributed by atoms with Gasteiger partial charge in [-0.25, -0.2) is 0 Å². The maximum absolute atomic E-state index is 4.11. The van der Waals surface area contributed by atoms with Crippen molar-refractivity contribution in [2.45, 2.75) is 0 Å². The van der Waals surface area contributed by atoms with Crippen LogP contribution in [-0.2, 0) is 0 Å². The van der Waals surface area contributed by atoms with Crippen molar-refractivity contribution < 1.29 is 0 Å². The minimum Gasteiger partial charge on any atom is 0.316 e. The van der Waals surface area contributed by atoms with Crippen molar-refractivity contribution >= 4 is 97.1 Å². The van der Waals surface area contributed by atoms with Gasteiger partial charge in [0.2, 0.25) is 0 Å². The Kier molecular flexibility index (Phi) is 64.9. The molecule has 0 radical (unpaired) electrons. The fourth-order valence-corrected chi connectivity index (χ4v) is 0. The molecule has 0 nitrogen and oxygen atoms in total. The smallest absolute Gasteiger partial charge is 0.316 e. The molecular formula is H5AlBaMgS. The fourth-order valence-electron chi connectivity index (χ4n) is 0. The van der Waals surface area contributed by atoms with Crippen molar-refractivity contribution in [2.75, 3.05) is 0 Å². The summed E-state index contributed by atoms with van der Waals surface area (Å²) >= 11 is 1.44. The topological polar surface area (TPSA) is 0 Å². The first-order valence-electron chi connectivity index (χ1n) is 0.289. The van der Waals surface area contributed by atoms with Crippen molar-refractivity contribution in [3.05, 3.63) is 0 Å². The van der Waals surface area contributed by atoms with Gasteiger partial charge >= 0.3 is 97.1 Å². The van der Waals surface area contributed by atoms with Gasteiger partial charge in [-0.05, 0) is 0 Å². The predicted molar refractivity (Wildman–Crippen MR) is 31.8 cm³/mol. The normalized spacial score (nSPS) is 0.750. The SMILES string of the molecule is [AlH]=[S].[BaH2].[MgH2]. The standard InChI is InChI=1S/Al.Ba.Mg.S.5H. The summed E-state index contributed by atoms with van der Waals surface area (Å²) in [4.78, 5) is 0. The third-order valence-electron chi connectivity index (χ3n) is 0. The molecule has 0 atom stereocenters. The zero-order chi connectivity index (χ0) is 2.00. The summed E-state index contributed by atoms with van der Waals surface area (Å²) in [5, 5.41) is 0. The van der Waals surface area contributed by atoms with Crippen molar-refractivity contribution in [3.63, 3.8) is 0 Å². The number of hydrogen-bond donors (Lipinski definition) is 0. The van der Waals surface area contributed by atoms with Gasteiger partial charge in [-0.1, -0.05) is 0 Å². The van der Waals surface area contributed by atoms with Gasteiger partial charge in [0.15, 0.2) is 0 Å². The fraction of sp³-hybridized carbons (Fsp3) is 0. The summed E-state index contributed by atoms with van der Waals surface area (Å²) in [6.45, 7) is 0. The van der Waals surface area contributed by atoms with E-state index in [-0.39, 0.29) is 71.9 Å². The molecule has 4 heteroatoms. The maximum Gasteiger partial charge on any atom is 0.316 e. The van der Waals surface area contributed by atoms with Crippen molar-refractivity contribution in [3.8, 4) is 0 Å². The molecule has 0 saturated carbocycles. The van der Waals surface area contributed by atoms with E-state index in [1.165, 1.54) is 14.6 Å². The van der Waals surface area contributed by atoms with E-state index in [0.717, 1.165) is 0 Å². The van der Waals surface area contributed by atoms with Crippen LogP contribution in [0.1, 0.15) is 0 Å². The van der Waals surface area contributed by atoms with Crippen LogP contribution in [0, 0.1) is 0 Å². The molecule has 0 aliphatic heterocycles. The summed E-state index contributed by atoms with van der Waals surface area (Å²) in [6, 6.07) is 0. The summed E-state index contributed by atoms with van der Waals surface area (Å²) in [5.41, 5.74) is 0. The predicted octanol–water partition coefficient (Wildman–Crippen LogP) is -1.83. The molecule has 0 rings (SSSR count). The van der Waals surface area contributed by atoms with Gasteiger partial charge in [0.05, 0.1) is 0 Å². The molecule has 4 heavy (non-hydrogen) atoms. The minimum atomic E-state index is 0. The Hall–Kier alpha value is 3.09. The van der Waals surface area contributed by atoms with Gasteiger partial charge in [-0.2, -0.15) is 0 Å². The van der Waals surface area contributed by atoms with E-state index in [4.69, 9.17) is 0 Å². The van der Waals surface area contributed by atoms with Gasteiger partial charge in [-0.3, -0.25) is 0 Å². The van der Waals surface area contributed by atoms with E-state index >= 15 is 0 Å². The first-order chi connectivity index (χ1) is 1.00. The monoisotopic (exact) mass is 226 g/mol. The van der Waals surface area contributed by atoms with Crippen molar-refractivity contribution in [1.82, 2.24) is 0 Å². The Morgan fingerprint density at radius 1 is 1.25 bits per heavy atom. The zero-order valence-corrected chi connectivity index (χ0v) is 3.35. The number of hydrogen-bond acceptors (Lipinski definition) is 1. The van der Waals surface area contributed by atoms with Gasteiger partial charge in [0.1, 0.15) is 0 Å². The van der Waals surface area contributed by atoms with E-state index in [9.17, 15) is 0 Å². The van der Waals surface area contributed by atoms with Crippen LogP contribution < -0.4 is 0 Å². The zero-order valence-electron chi connectivity index (χ0n) is 1.12. The maximum atomic E-state index is 4.11. The molecule has 0 amide bonds. The second-order valence-corrected chi connectivity index (χ2v) is 0. The molecule has 0 aromatic rings. The average molecular weight is 226 g/mol. The summed E-state index contributed by atoms with van der Waals surface area (Å²) in [5.74, 6) is 0. The Labute approximate surface area is 94.6 Å². The van der Waals surface area contributed by atoms with Crippen LogP contribution in [0.3, 0.4) is 0 Å². The Bertz CT molecular complexity index is 8.00. The van der Waals surface area contributed by atoms with Crippen LogP contribution in [0.5, 0.6) is 0 Å². The molecule has 0 aliphatic carbocycles. The van der Waals surface area contributed by atoms with Crippen LogP contribution >= 0.6 is 10.5 Å². The summed E-state index contributed by atoms with van der Waals surface area (Å²) in [7, 11) is 4.11. The van der Waals surface area contributed by atoms with Gasteiger partial charge in [-0.15, -0.1) is 0 Å². The third kappa shape index (κ3) is 8.92. The first-order valence-corrected chi connectivity index (χ1v) is 2.60. The molecule has 0 N–H and O–H groups in total. The Morgan fingerprint density at radius 2 is 1.25 bits per heavy atom. The second-order valence-electron chi connectivity index (χ2n) is 0. The molecule has 0 spiro atoms. The van der Waals surface area contributed by atoms with Gasteiger partial charge in [0, 0.05) is 0 Å². The average Bonchev–Trinajstić information content (AvgIpc) is 1.00. The van der Waals surface area contributed by atoms with Crippen LogP contribution in [0.15, 0.2) is 0 Å². The summed E-state index contributed by atoms with van der Waals surface area (Å²) < 4.78 is 0. The molecule has 0 unspecified atom stereocenters. The molecule has 0 heterocycles. The van der Waals surface area contributed by atoms with Crippen molar-refractivity contribution in [2.24, 2.45) is 0 Å². The summed E-state index contributed by atoms with van der Waals surface area (Å²) in [6.07, 6.45) is 0. The van der Waals surface area contributed by atoms with E-state index in [2.05, 4.69) is 10.5 Å². The van der Waals surface area contributed by atoms with Crippen LogP contribution in [0.2, 0.25) is 0 Å². The van der Waals surface area contributed by atoms with E-state index in [1.807, 2.05) is 0 Å². The molecular weight excluding hydrogens is 221 g/mol. The largest absolute Gasteiger partial charge is 0.316 e. The Balaban J connectivity index is -0.00000000500. The quantitative estimate of drug-likeness (QED) is 0.437. The first kappa shape index (κ1) is 15.7. The molecule has 0 aliphatic rings. The minimum absolute atomic E-state index is 0. The van der Waals surface area contributed by atoms with E-state index in [1.54, 1.807) is 0 Å². The van der Waals surface area contributed by atoms with Crippen LogP contribution in [-0.4, -0.2) is 86.6 Å². The second kappa shape index (κ2) is 16.5. The molecule has 0 aromatic heterocycles. The number of rotatable bonds is 0. The molecule has 0 aromatic carbocycles. The van der Waals surface area contributed by atoms with E-state index < -0.39 is 0 Å². The van der Waals surface area contributed by atoms with E-state index in [0.29, 0.717) is 0 Å². The molecule has 0 bridgehead atoms. The molecule has 0 fully saturated rings. The van der Waals surface area contributed by atoms with Crippen LogP contribution in [0.25, 0.3) is 0 Å². The van der Waals surface area contributed by atoms with Crippen molar-refractivity contribution in [1.29, 1.82) is 0 Å². The van der Waals surface area contributed by atoms with Gasteiger partial charge in [0.25, 0.3) is 0 Å². The third-order valence-corrected chi connectivity index (χ3v) is 0. The molecule has 18 valence electrons. The Morgan fingerprint density at radius 3 is 1.25 bits per heavy atom.